The van der Waals surface area contributed by atoms with E-state index in [0.29, 0.717) is 5.82 Å². The van der Waals surface area contributed by atoms with Crippen molar-refractivity contribution in [2.75, 3.05) is 25.0 Å². The van der Waals surface area contributed by atoms with E-state index in [1.165, 1.54) is 12.8 Å². The third-order valence-electron chi connectivity index (χ3n) is 4.36. The van der Waals surface area contributed by atoms with E-state index < -0.39 is 0 Å². The SMILES string of the molecule is CCC/C=C/CCN1CCC(C(=O)Nc2ccc(C)cn2)CC1. The van der Waals surface area contributed by atoms with Crippen LogP contribution in [0.25, 0.3) is 0 Å². The van der Waals surface area contributed by atoms with Crippen LogP contribution in [0.1, 0.15) is 44.6 Å². The van der Waals surface area contributed by atoms with Gasteiger partial charge in [-0.3, -0.25) is 4.79 Å². The molecule has 0 atom stereocenters. The molecule has 4 nitrogen and oxygen atoms in total. The third-order valence-corrected chi connectivity index (χ3v) is 4.36. The Hall–Kier alpha value is -1.68. The Morgan fingerprint density at radius 2 is 2.04 bits per heavy atom. The quantitative estimate of drug-likeness (QED) is 0.779. The van der Waals surface area contributed by atoms with E-state index in [1.807, 2.05) is 19.1 Å². The van der Waals surface area contributed by atoms with Crippen LogP contribution in [0.3, 0.4) is 0 Å². The summed E-state index contributed by atoms with van der Waals surface area (Å²) in [6.07, 6.45) is 11.7. The molecule has 1 saturated heterocycles. The van der Waals surface area contributed by atoms with Crippen molar-refractivity contribution < 1.29 is 4.79 Å². The molecule has 0 aliphatic carbocycles. The minimum absolute atomic E-state index is 0.115. The second-order valence-electron chi connectivity index (χ2n) is 6.37. The molecule has 1 aromatic heterocycles. The zero-order chi connectivity index (χ0) is 16.5. The summed E-state index contributed by atoms with van der Waals surface area (Å²) < 4.78 is 0. The molecule has 126 valence electrons. The molecular formula is C19H29N3O. The van der Waals surface area contributed by atoms with Crippen molar-refractivity contribution in [3.8, 4) is 0 Å². The number of hydrogen-bond donors (Lipinski definition) is 1. The van der Waals surface area contributed by atoms with Gasteiger partial charge in [0.25, 0.3) is 0 Å². The van der Waals surface area contributed by atoms with E-state index in [0.717, 1.165) is 44.5 Å². The van der Waals surface area contributed by atoms with Crippen molar-refractivity contribution in [3.63, 3.8) is 0 Å². The van der Waals surface area contributed by atoms with E-state index in [9.17, 15) is 4.79 Å². The Kier molecular flexibility index (Phi) is 7.27. The summed E-state index contributed by atoms with van der Waals surface area (Å²) in [4.78, 5) is 19.0. The van der Waals surface area contributed by atoms with Gasteiger partial charge in [0.15, 0.2) is 0 Å². The van der Waals surface area contributed by atoms with E-state index in [1.54, 1.807) is 6.20 Å². The van der Waals surface area contributed by atoms with Gasteiger partial charge < -0.3 is 10.2 Å². The molecule has 23 heavy (non-hydrogen) atoms. The van der Waals surface area contributed by atoms with Crippen molar-refractivity contribution >= 4 is 11.7 Å². The van der Waals surface area contributed by atoms with Gasteiger partial charge in [-0.05, 0) is 57.3 Å². The van der Waals surface area contributed by atoms with Gasteiger partial charge in [-0.1, -0.05) is 31.6 Å². The largest absolute Gasteiger partial charge is 0.310 e. The van der Waals surface area contributed by atoms with Crippen molar-refractivity contribution in [1.82, 2.24) is 9.88 Å². The highest BCUT2D eigenvalue weighted by Crippen LogP contribution is 2.19. The average Bonchev–Trinajstić information content (AvgIpc) is 2.57. The molecule has 1 N–H and O–H groups in total. The molecule has 0 saturated carbocycles. The number of allylic oxidation sites excluding steroid dienone is 1. The van der Waals surface area contributed by atoms with Crippen LogP contribution in [0, 0.1) is 12.8 Å². The van der Waals surface area contributed by atoms with Gasteiger partial charge in [0.1, 0.15) is 5.82 Å². The first-order valence-electron chi connectivity index (χ1n) is 8.80. The van der Waals surface area contributed by atoms with Gasteiger partial charge in [-0.25, -0.2) is 4.98 Å². The number of piperidine rings is 1. The van der Waals surface area contributed by atoms with Gasteiger partial charge >= 0.3 is 0 Å². The Bertz CT molecular complexity index is 502. The molecule has 4 heteroatoms. The minimum atomic E-state index is 0.115. The second kappa shape index (κ2) is 9.46. The molecule has 1 aliphatic rings. The summed E-state index contributed by atoms with van der Waals surface area (Å²) in [5, 5.41) is 2.94. The number of nitrogens with zero attached hydrogens (tertiary/aromatic N) is 2. The number of unbranched alkanes of at least 4 members (excludes halogenated alkanes) is 1. The molecule has 2 rings (SSSR count). The summed E-state index contributed by atoms with van der Waals surface area (Å²) >= 11 is 0. The van der Waals surface area contributed by atoms with Gasteiger partial charge in [0.05, 0.1) is 0 Å². The minimum Gasteiger partial charge on any atom is -0.310 e. The molecule has 0 aromatic carbocycles. The Morgan fingerprint density at radius 3 is 2.70 bits per heavy atom. The Morgan fingerprint density at radius 1 is 1.30 bits per heavy atom. The zero-order valence-electron chi connectivity index (χ0n) is 14.4. The van der Waals surface area contributed by atoms with Gasteiger partial charge in [0, 0.05) is 18.7 Å². The highest BCUT2D eigenvalue weighted by atomic mass is 16.1. The molecule has 0 unspecified atom stereocenters. The maximum atomic E-state index is 12.3. The molecule has 1 aromatic rings. The first-order valence-corrected chi connectivity index (χ1v) is 8.80. The lowest BCUT2D eigenvalue weighted by atomic mass is 9.96. The highest BCUT2D eigenvalue weighted by Gasteiger charge is 2.24. The lowest BCUT2D eigenvalue weighted by Gasteiger charge is -2.30. The topological polar surface area (TPSA) is 45.2 Å². The number of hydrogen-bond acceptors (Lipinski definition) is 3. The van der Waals surface area contributed by atoms with Gasteiger partial charge in [-0.2, -0.15) is 0 Å². The summed E-state index contributed by atoms with van der Waals surface area (Å²) in [5.74, 6) is 0.887. The number of anilines is 1. The number of likely N-dealkylation sites (tertiary alicyclic amines) is 1. The first kappa shape index (κ1) is 17.7. The van der Waals surface area contributed by atoms with Gasteiger partial charge in [-0.15, -0.1) is 0 Å². The van der Waals surface area contributed by atoms with Crippen LogP contribution >= 0.6 is 0 Å². The van der Waals surface area contributed by atoms with Crippen LogP contribution < -0.4 is 5.32 Å². The van der Waals surface area contributed by atoms with Crippen LogP contribution in [0.4, 0.5) is 5.82 Å². The molecule has 0 radical (unpaired) electrons. The average molecular weight is 315 g/mol. The predicted octanol–water partition coefficient (Wildman–Crippen LogP) is 3.79. The number of nitrogens with one attached hydrogen (secondary N) is 1. The van der Waals surface area contributed by atoms with Crippen molar-refractivity contribution in [3.05, 3.63) is 36.0 Å². The second-order valence-corrected chi connectivity index (χ2v) is 6.37. The zero-order valence-corrected chi connectivity index (χ0v) is 14.4. The fourth-order valence-corrected chi connectivity index (χ4v) is 2.85. The number of rotatable bonds is 7. The summed E-state index contributed by atoms with van der Waals surface area (Å²) in [6, 6.07) is 3.84. The Labute approximate surface area is 140 Å². The van der Waals surface area contributed by atoms with Crippen LogP contribution in [0.2, 0.25) is 0 Å². The number of amides is 1. The molecule has 0 spiro atoms. The molecule has 1 amide bonds. The monoisotopic (exact) mass is 315 g/mol. The van der Waals surface area contributed by atoms with Crippen molar-refractivity contribution in [1.29, 1.82) is 0 Å². The molecule has 1 aliphatic heterocycles. The summed E-state index contributed by atoms with van der Waals surface area (Å²) in [7, 11) is 0. The lowest BCUT2D eigenvalue weighted by Crippen LogP contribution is -2.38. The molecule has 1 fully saturated rings. The maximum absolute atomic E-state index is 12.3. The van der Waals surface area contributed by atoms with E-state index >= 15 is 0 Å². The number of aromatic nitrogens is 1. The van der Waals surface area contributed by atoms with Crippen molar-refractivity contribution in [2.45, 2.75) is 46.0 Å². The number of pyridine rings is 1. The third kappa shape index (κ3) is 6.14. The summed E-state index contributed by atoms with van der Waals surface area (Å²) in [5.41, 5.74) is 1.10. The van der Waals surface area contributed by atoms with Crippen molar-refractivity contribution in [2.24, 2.45) is 5.92 Å². The summed E-state index contributed by atoms with van der Waals surface area (Å²) in [6.45, 7) is 7.33. The number of aryl methyl sites for hydroxylation is 1. The van der Waals surface area contributed by atoms with Crippen LogP contribution in [0.15, 0.2) is 30.5 Å². The molecule has 2 heterocycles. The van der Waals surface area contributed by atoms with Gasteiger partial charge in [0.2, 0.25) is 5.91 Å². The predicted molar refractivity (Wildman–Crippen MR) is 95.4 cm³/mol. The van der Waals surface area contributed by atoms with E-state index in [-0.39, 0.29) is 11.8 Å². The highest BCUT2D eigenvalue weighted by molar-refractivity contribution is 5.91. The fraction of sp³-hybridized carbons (Fsp3) is 0.579. The van der Waals surface area contributed by atoms with Crippen LogP contribution in [-0.2, 0) is 4.79 Å². The standard InChI is InChI=1S/C19H29N3O/c1-3-4-5-6-7-12-22-13-10-17(11-14-22)19(23)21-18-9-8-16(2)15-20-18/h5-6,8-9,15,17H,3-4,7,10-14H2,1-2H3,(H,20,21,23)/b6-5+. The van der Waals surface area contributed by atoms with Crippen LogP contribution in [-0.4, -0.2) is 35.4 Å². The van der Waals surface area contributed by atoms with E-state index in [4.69, 9.17) is 0 Å². The van der Waals surface area contributed by atoms with Crippen LogP contribution in [0.5, 0.6) is 0 Å². The molecular weight excluding hydrogens is 286 g/mol. The number of carbonyl (C=O) groups excluding carboxylic acids is 1. The fourth-order valence-electron chi connectivity index (χ4n) is 2.85. The lowest BCUT2D eigenvalue weighted by molar-refractivity contribution is -0.121. The number of carbonyl (C=O) groups is 1. The smallest absolute Gasteiger partial charge is 0.228 e. The normalized spacial score (nSPS) is 16.8. The maximum Gasteiger partial charge on any atom is 0.228 e. The van der Waals surface area contributed by atoms with E-state index in [2.05, 4.69) is 34.3 Å². The Balaban J connectivity index is 1.69. The first-order chi connectivity index (χ1) is 11.2. The molecule has 0 bridgehead atoms.